The topological polar surface area (TPSA) is 62.4 Å². The minimum absolute atomic E-state index is 0.319. The summed E-state index contributed by atoms with van der Waals surface area (Å²) in [7, 11) is 0. The molecule has 2 heterocycles. The lowest BCUT2D eigenvalue weighted by molar-refractivity contribution is -0.0246. The second-order valence-electron chi connectivity index (χ2n) is 5.29. The third-order valence-corrected chi connectivity index (χ3v) is 4.43. The standard InChI is InChI=1S/C13H19N3O/c14-9-13(17)4-1-12-7-10(13)8-16(12)11-2-5-15-6-3-11/h2-3,5-6,10,12,17H,1,4,7-9,14H2. The number of hydrogen-bond acceptors (Lipinski definition) is 4. The summed E-state index contributed by atoms with van der Waals surface area (Å²) >= 11 is 0. The molecule has 0 radical (unpaired) electrons. The SMILES string of the molecule is NCC1(O)CCC2CC1CN2c1ccncc1. The van der Waals surface area contributed by atoms with Gasteiger partial charge in [0.2, 0.25) is 0 Å². The highest BCUT2D eigenvalue weighted by Gasteiger charge is 2.48. The van der Waals surface area contributed by atoms with Crippen LogP contribution in [0, 0.1) is 5.92 Å². The monoisotopic (exact) mass is 233 g/mol. The molecule has 1 saturated heterocycles. The Labute approximate surface area is 101 Å². The first kappa shape index (κ1) is 11.0. The third-order valence-electron chi connectivity index (χ3n) is 4.43. The fourth-order valence-corrected chi connectivity index (χ4v) is 3.32. The number of pyridine rings is 1. The van der Waals surface area contributed by atoms with Crippen LogP contribution in [0.15, 0.2) is 24.5 Å². The Morgan fingerprint density at radius 3 is 2.94 bits per heavy atom. The van der Waals surface area contributed by atoms with Gasteiger partial charge in [0.05, 0.1) is 5.60 Å². The summed E-state index contributed by atoms with van der Waals surface area (Å²) in [5.41, 5.74) is 6.30. The van der Waals surface area contributed by atoms with Crippen LogP contribution in [0.25, 0.3) is 0 Å². The second kappa shape index (κ2) is 3.96. The summed E-state index contributed by atoms with van der Waals surface area (Å²) < 4.78 is 0. The van der Waals surface area contributed by atoms with Gasteiger partial charge in [0.1, 0.15) is 0 Å². The Bertz CT molecular complexity index is 397. The van der Waals surface area contributed by atoms with E-state index in [9.17, 15) is 5.11 Å². The summed E-state index contributed by atoms with van der Waals surface area (Å²) in [6, 6.07) is 4.65. The minimum atomic E-state index is -0.641. The van der Waals surface area contributed by atoms with Crippen LogP contribution in [-0.2, 0) is 0 Å². The van der Waals surface area contributed by atoms with E-state index in [2.05, 4.69) is 9.88 Å². The maximum Gasteiger partial charge on any atom is 0.0815 e. The second-order valence-corrected chi connectivity index (χ2v) is 5.29. The molecule has 0 spiro atoms. The Morgan fingerprint density at radius 2 is 2.24 bits per heavy atom. The molecule has 0 amide bonds. The highest BCUT2D eigenvalue weighted by Crippen LogP contribution is 2.43. The molecule has 1 aromatic rings. The van der Waals surface area contributed by atoms with E-state index < -0.39 is 5.60 Å². The smallest absolute Gasteiger partial charge is 0.0815 e. The van der Waals surface area contributed by atoms with E-state index >= 15 is 0 Å². The molecule has 1 aromatic heterocycles. The average Bonchev–Trinajstić information content (AvgIpc) is 2.76. The molecule has 92 valence electrons. The normalized spacial score (nSPS) is 36.2. The van der Waals surface area contributed by atoms with Crippen LogP contribution in [0.1, 0.15) is 19.3 Å². The lowest BCUT2D eigenvalue weighted by Gasteiger charge is -2.35. The Morgan fingerprint density at radius 1 is 1.47 bits per heavy atom. The van der Waals surface area contributed by atoms with E-state index in [4.69, 9.17) is 5.73 Å². The molecule has 1 saturated carbocycles. The summed E-state index contributed by atoms with van der Waals surface area (Å²) in [5.74, 6) is 0.319. The lowest BCUT2D eigenvalue weighted by atomic mass is 9.76. The van der Waals surface area contributed by atoms with Gasteiger partial charge < -0.3 is 15.7 Å². The van der Waals surface area contributed by atoms with Gasteiger partial charge in [0.15, 0.2) is 0 Å². The van der Waals surface area contributed by atoms with E-state index in [1.165, 1.54) is 5.69 Å². The van der Waals surface area contributed by atoms with Crippen molar-refractivity contribution in [1.82, 2.24) is 4.98 Å². The number of anilines is 1. The molecular formula is C13H19N3O. The van der Waals surface area contributed by atoms with Crippen LogP contribution >= 0.6 is 0 Å². The maximum atomic E-state index is 10.5. The Hall–Kier alpha value is -1.13. The van der Waals surface area contributed by atoms with Crippen molar-refractivity contribution in [2.75, 3.05) is 18.0 Å². The number of hydrogen-bond donors (Lipinski definition) is 2. The first-order valence-corrected chi connectivity index (χ1v) is 6.32. The van der Waals surface area contributed by atoms with Gasteiger partial charge in [-0.1, -0.05) is 0 Å². The van der Waals surface area contributed by atoms with Gasteiger partial charge in [-0.25, -0.2) is 0 Å². The first-order chi connectivity index (χ1) is 8.23. The summed E-state index contributed by atoms with van der Waals surface area (Å²) in [6.45, 7) is 1.30. The van der Waals surface area contributed by atoms with Crippen LogP contribution in [0.2, 0.25) is 0 Å². The van der Waals surface area contributed by atoms with Gasteiger partial charge in [-0.05, 0) is 31.4 Å². The average molecular weight is 233 g/mol. The predicted molar refractivity (Wildman–Crippen MR) is 66.7 cm³/mol. The Kier molecular flexibility index (Phi) is 2.56. The number of aliphatic hydroxyl groups is 1. The van der Waals surface area contributed by atoms with Crippen molar-refractivity contribution >= 4 is 5.69 Å². The fraction of sp³-hybridized carbons (Fsp3) is 0.615. The highest BCUT2D eigenvalue weighted by atomic mass is 16.3. The van der Waals surface area contributed by atoms with Crippen molar-refractivity contribution in [2.45, 2.75) is 30.9 Å². The van der Waals surface area contributed by atoms with E-state index in [0.717, 1.165) is 25.8 Å². The zero-order valence-electron chi connectivity index (χ0n) is 9.92. The zero-order valence-corrected chi connectivity index (χ0v) is 9.92. The molecular weight excluding hydrogens is 214 g/mol. The van der Waals surface area contributed by atoms with Crippen LogP contribution in [0.5, 0.6) is 0 Å². The quantitative estimate of drug-likeness (QED) is 0.791. The number of aromatic nitrogens is 1. The molecule has 4 heteroatoms. The van der Waals surface area contributed by atoms with Crippen molar-refractivity contribution in [2.24, 2.45) is 11.7 Å². The molecule has 4 nitrogen and oxygen atoms in total. The number of nitrogens with zero attached hydrogens (tertiary/aromatic N) is 2. The summed E-state index contributed by atoms with van der Waals surface area (Å²) in [5, 5.41) is 10.5. The van der Waals surface area contributed by atoms with Crippen molar-refractivity contribution < 1.29 is 5.11 Å². The predicted octanol–water partition coefficient (Wildman–Crippen LogP) is 0.760. The van der Waals surface area contributed by atoms with E-state index in [0.29, 0.717) is 18.5 Å². The van der Waals surface area contributed by atoms with Gasteiger partial charge in [-0.2, -0.15) is 0 Å². The molecule has 2 bridgehead atoms. The molecule has 3 rings (SSSR count). The first-order valence-electron chi connectivity index (χ1n) is 6.32. The summed E-state index contributed by atoms with van der Waals surface area (Å²) in [6.07, 6.45) is 6.59. The van der Waals surface area contributed by atoms with E-state index in [-0.39, 0.29) is 0 Å². The molecule has 3 unspecified atom stereocenters. The summed E-state index contributed by atoms with van der Waals surface area (Å²) in [4.78, 5) is 6.45. The lowest BCUT2D eigenvalue weighted by Crippen LogP contribution is -2.47. The molecule has 3 N–H and O–H groups in total. The van der Waals surface area contributed by atoms with Gasteiger partial charge in [-0.15, -0.1) is 0 Å². The van der Waals surface area contributed by atoms with Gasteiger partial charge in [-0.3, -0.25) is 4.98 Å². The molecule has 1 aliphatic carbocycles. The van der Waals surface area contributed by atoms with Gasteiger partial charge >= 0.3 is 0 Å². The molecule has 2 fully saturated rings. The maximum absolute atomic E-state index is 10.5. The van der Waals surface area contributed by atoms with Crippen LogP contribution in [-0.4, -0.2) is 34.8 Å². The number of rotatable bonds is 2. The highest BCUT2D eigenvalue weighted by molar-refractivity contribution is 5.48. The van der Waals surface area contributed by atoms with Gasteiger partial charge in [0, 0.05) is 43.1 Å². The van der Waals surface area contributed by atoms with Crippen LogP contribution in [0.3, 0.4) is 0 Å². The van der Waals surface area contributed by atoms with Crippen molar-refractivity contribution in [3.63, 3.8) is 0 Å². The molecule has 3 atom stereocenters. The number of fused-ring (bicyclic) bond motifs is 2. The molecule has 17 heavy (non-hydrogen) atoms. The Balaban J connectivity index is 1.84. The largest absolute Gasteiger partial charge is 0.388 e. The van der Waals surface area contributed by atoms with Crippen molar-refractivity contribution in [1.29, 1.82) is 0 Å². The fourth-order valence-electron chi connectivity index (χ4n) is 3.32. The third kappa shape index (κ3) is 1.72. The van der Waals surface area contributed by atoms with Crippen LogP contribution < -0.4 is 10.6 Å². The van der Waals surface area contributed by atoms with E-state index in [1.54, 1.807) is 0 Å². The number of nitrogens with two attached hydrogens (primary N) is 1. The minimum Gasteiger partial charge on any atom is -0.388 e. The zero-order chi connectivity index (χ0) is 11.9. The molecule has 2 aliphatic rings. The van der Waals surface area contributed by atoms with E-state index in [1.807, 2.05) is 24.5 Å². The van der Waals surface area contributed by atoms with Crippen molar-refractivity contribution in [3.05, 3.63) is 24.5 Å². The molecule has 0 aromatic carbocycles. The van der Waals surface area contributed by atoms with Crippen molar-refractivity contribution in [3.8, 4) is 0 Å². The van der Waals surface area contributed by atoms with Gasteiger partial charge in [0.25, 0.3) is 0 Å². The molecule has 1 aliphatic heterocycles. The van der Waals surface area contributed by atoms with Crippen LogP contribution in [0.4, 0.5) is 5.69 Å².